The number of halogens is 4. The molecule has 3 rings (SSSR count). The van der Waals surface area contributed by atoms with E-state index >= 15 is 0 Å². The fraction of sp³-hybridized carbons (Fsp3) is 0.455. The summed E-state index contributed by atoms with van der Waals surface area (Å²) in [4.78, 5) is 10.6. The van der Waals surface area contributed by atoms with Crippen molar-refractivity contribution in [1.29, 1.82) is 0 Å². The summed E-state index contributed by atoms with van der Waals surface area (Å²) in [5.74, 6) is 0.521. The highest BCUT2D eigenvalue weighted by molar-refractivity contribution is 14.0. The van der Waals surface area contributed by atoms with Crippen molar-refractivity contribution in [2.75, 3.05) is 33.3 Å². The second-order valence-corrected chi connectivity index (χ2v) is 7.35. The normalized spacial score (nSPS) is 15.7. The Morgan fingerprint density at radius 3 is 2.50 bits per heavy atom. The number of rotatable bonds is 8. The minimum Gasteiger partial charge on any atom is -0.468 e. The highest BCUT2D eigenvalue weighted by Gasteiger charge is 2.29. The van der Waals surface area contributed by atoms with Gasteiger partial charge in [-0.05, 0) is 37.6 Å². The maximum atomic E-state index is 12.5. The Balaban J connectivity index is 0.00000363. The number of pyridine rings is 1. The molecule has 1 aromatic heterocycles. The van der Waals surface area contributed by atoms with Gasteiger partial charge in [0.25, 0.3) is 0 Å². The molecule has 1 aliphatic heterocycles. The van der Waals surface area contributed by atoms with Gasteiger partial charge >= 0.3 is 6.18 Å². The summed E-state index contributed by atoms with van der Waals surface area (Å²) in [6.45, 7) is 1.64. The molecule has 1 aliphatic rings. The Morgan fingerprint density at radius 2 is 1.84 bits per heavy atom. The summed E-state index contributed by atoms with van der Waals surface area (Å²) < 4.78 is 42.3. The van der Waals surface area contributed by atoms with Crippen molar-refractivity contribution in [2.45, 2.75) is 31.6 Å². The third kappa shape index (κ3) is 8.12. The molecule has 0 amide bonds. The first-order valence-electron chi connectivity index (χ1n) is 10.3. The van der Waals surface area contributed by atoms with E-state index in [9.17, 15) is 13.2 Å². The highest BCUT2D eigenvalue weighted by Crippen LogP contribution is 2.24. The molecule has 0 bridgehead atoms. The number of benzene rings is 1. The van der Waals surface area contributed by atoms with Crippen molar-refractivity contribution >= 4 is 29.9 Å². The molecule has 32 heavy (non-hydrogen) atoms. The first-order valence-corrected chi connectivity index (χ1v) is 10.3. The number of likely N-dealkylation sites (tertiary alicyclic amines) is 1. The van der Waals surface area contributed by atoms with Gasteiger partial charge in [-0.25, -0.2) is 4.98 Å². The van der Waals surface area contributed by atoms with Gasteiger partial charge in [-0.3, -0.25) is 9.89 Å². The Kier molecular flexibility index (Phi) is 10.5. The summed E-state index contributed by atoms with van der Waals surface area (Å²) in [6.07, 6.45) is -0.624. The van der Waals surface area contributed by atoms with Gasteiger partial charge in [-0.1, -0.05) is 36.4 Å². The highest BCUT2D eigenvalue weighted by atomic mass is 127. The Hall–Kier alpha value is -2.08. The topological polar surface area (TPSA) is 61.8 Å². The van der Waals surface area contributed by atoms with Crippen LogP contribution in [-0.4, -0.2) is 55.3 Å². The molecule has 1 aromatic carbocycles. The molecule has 1 atom stereocenters. The van der Waals surface area contributed by atoms with Crippen LogP contribution in [-0.2, 0) is 6.54 Å². The molecule has 6 nitrogen and oxygen atoms in total. The lowest BCUT2D eigenvalue weighted by Crippen LogP contribution is -2.42. The summed E-state index contributed by atoms with van der Waals surface area (Å²) in [7, 11) is 1.66. The fourth-order valence-corrected chi connectivity index (χ4v) is 3.62. The fourth-order valence-electron chi connectivity index (χ4n) is 3.62. The van der Waals surface area contributed by atoms with E-state index in [4.69, 9.17) is 4.74 Å². The Labute approximate surface area is 203 Å². The number of hydrogen-bond donors (Lipinski definition) is 2. The zero-order valence-electron chi connectivity index (χ0n) is 17.9. The summed E-state index contributed by atoms with van der Waals surface area (Å²) in [5.41, 5.74) is 1.76. The van der Waals surface area contributed by atoms with Crippen LogP contribution >= 0.6 is 24.0 Å². The number of nitrogens with one attached hydrogen (secondary N) is 2. The van der Waals surface area contributed by atoms with Crippen LogP contribution in [0.25, 0.3) is 0 Å². The predicted octanol–water partition coefficient (Wildman–Crippen LogP) is 4.14. The van der Waals surface area contributed by atoms with Gasteiger partial charge in [0.15, 0.2) is 12.6 Å². The summed E-state index contributed by atoms with van der Waals surface area (Å²) >= 11 is 0. The molecule has 176 valence electrons. The number of guanidine groups is 1. The van der Waals surface area contributed by atoms with E-state index in [1.807, 2.05) is 18.2 Å². The van der Waals surface area contributed by atoms with Gasteiger partial charge < -0.3 is 15.4 Å². The minimum atomic E-state index is -4.41. The van der Waals surface area contributed by atoms with E-state index in [2.05, 4.69) is 37.6 Å². The molecule has 1 saturated heterocycles. The molecule has 0 saturated carbocycles. The van der Waals surface area contributed by atoms with Crippen molar-refractivity contribution in [3.05, 3.63) is 59.8 Å². The number of nitrogens with zero attached hydrogens (tertiary/aromatic N) is 3. The largest absolute Gasteiger partial charge is 0.468 e. The molecule has 10 heteroatoms. The third-order valence-electron chi connectivity index (χ3n) is 5.12. The van der Waals surface area contributed by atoms with E-state index < -0.39 is 12.8 Å². The number of aromatic nitrogens is 1. The summed E-state index contributed by atoms with van der Waals surface area (Å²) in [5, 5.41) is 6.49. The molecular weight excluding hydrogens is 534 g/mol. The van der Waals surface area contributed by atoms with Gasteiger partial charge in [0.05, 0.1) is 6.04 Å². The van der Waals surface area contributed by atoms with Crippen LogP contribution in [0, 0.1) is 0 Å². The van der Waals surface area contributed by atoms with E-state index in [0.29, 0.717) is 18.1 Å². The number of hydrogen-bond acceptors (Lipinski definition) is 4. The van der Waals surface area contributed by atoms with Gasteiger partial charge in [0.2, 0.25) is 5.88 Å². The predicted molar refractivity (Wildman–Crippen MR) is 129 cm³/mol. The average Bonchev–Trinajstić information content (AvgIpc) is 3.30. The average molecular weight is 563 g/mol. The second-order valence-electron chi connectivity index (χ2n) is 7.35. The number of alkyl halides is 3. The van der Waals surface area contributed by atoms with Crippen LogP contribution in [0.15, 0.2) is 53.7 Å². The van der Waals surface area contributed by atoms with Crippen molar-refractivity contribution in [2.24, 2.45) is 4.99 Å². The van der Waals surface area contributed by atoms with Gasteiger partial charge in [0.1, 0.15) is 0 Å². The molecule has 2 N–H and O–H groups in total. The van der Waals surface area contributed by atoms with Crippen LogP contribution < -0.4 is 15.4 Å². The van der Waals surface area contributed by atoms with Crippen LogP contribution in [0.5, 0.6) is 5.88 Å². The smallest absolute Gasteiger partial charge is 0.422 e. The maximum Gasteiger partial charge on any atom is 0.422 e. The molecule has 0 spiro atoms. The molecule has 1 unspecified atom stereocenters. The van der Waals surface area contributed by atoms with Crippen LogP contribution in [0.1, 0.15) is 30.0 Å². The first-order chi connectivity index (χ1) is 15.0. The van der Waals surface area contributed by atoms with Gasteiger partial charge in [-0.2, -0.15) is 13.2 Å². The molecule has 2 heterocycles. The molecule has 0 radical (unpaired) electrons. The summed E-state index contributed by atoms with van der Waals surface area (Å²) in [6, 6.07) is 13.9. The van der Waals surface area contributed by atoms with Crippen LogP contribution in [0.2, 0.25) is 0 Å². The quantitative estimate of drug-likeness (QED) is 0.287. The standard InChI is InChI=1S/C22H28F3N5O.HI/c1-26-21(28-14-18-10-7-11-27-20(18)31-16-22(23,24)25)29-15-19(30-12-5-6-13-30)17-8-3-2-4-9-17;/h2-4,7-11,19H,5-6,12-16H2,1H3,(H2,26,28,29);1H. The first kappa shape index (κ1) is 26.2. The minimum absolute atomic E-state index is 0. The van der Waals surface area contributed by atoms with E-state index in [-0.39, 0.29) is 42.4 Å². The van der Waals surface area contributed by atoms with Crippen molar-refractivity contribution in [3.8, 4) is 5.88 Å². The zero-order chi connectivity index (χ0) is 22.1. The van der Waals surface area contributed by atoms with Gasteiger partial charge in [0, 0.05) is 31.9 Å². The van der Waals surface area contributed by atoms with E-state index in [1.165, 1.54) is 24.6 Å². The number of aliphatic imine (C=N–C) groups is 1. The lowest BCUT2D eigenvalue weighted by atomic mass is 10.1. The lowest BCUT2D eigenvalue weighted by molar-refractivity contribution is -0.154. The Morgan fingerprint density at radius 1 is 1.12 bits per heavy atom. The van der Waals surface area contributed by atoms with Gasteiger partial charge in [-0.15, -0.1) is 24.0 Å². The molecule has 0 aliphatic carbocycles. The van der Waals surface area contributed by atoms with E-state index in [1.54, 1.807) is 19.2 Å². The van der Waals surface area contributed by atoms with Crippen LogP contribution in [0.4, 0.5) is 13.2 Å². The Bertz CT molecular complexity index is 845. The molecule has 1 fully saturated rings. The maximum absolute atomic E-state index is 12.5. The van der Waals surface area contributed by atoms with Crippen molar-refractivity contribution in [3.63, 3.8) is 0 Å². The third-order valence-corrected chi connectivity index (χ3v) is 5.12. The zero-order valence-corrected chi connectivity index (χ0v) is 20.3. The van der Waals surface area contributed by atoms with Crippen LogP contribution in [0.3, 0.4) is 0 Å². The molecular formula is C22H29F3IN5O. The molecule has 2 aromatic rings. The van der Waals surface area contributed by atoms with E-state index in [0.717, 1.165) is 13.1 Å². The second kappa shape index (κ2) is 12.8. The van der Waals surface area contributed by atoms with Crippen molar-refractivity contribution in [1.82, 2.24) is 20.5 Å². The number of ether oxygens (including phenoxy) is 1. The van der Waals surface area contributed by atoms with Crippen molar-refractivity contribution < 1.29 is 17.9 Å². The SMILES string of the molecule is CN=C(NCc1cccnc1OCC(F)(F)F)NCC(c1ccccc1)N1CCCC1.I. The lowest BCUT2D eigenvalue weighted by Gasteiger charge is -2.29. The monoisotopic (exact) mass is 563 g/mol.